The number of hydrogen-bond acceptors (Lipinski definition) is 3. The van der Waals surface area contributed by atoms with Crippen LogP contribution in [0.1, 0.15) is 18.1 Å². The second-order valence-corrected chi connectivity index (χ2v) is 4.10. The fourth-order valence-corrected chi connectivity index (χ4v) is 1.41. The molecule has 3 heteroatoms. The van der Waals surface area contributed by atoms with Gasteiger partial charge < -0.3 is 10.1 Å². The summed E-state index contributed by atoms with van der Waals surface area (Å²) in [4.78, 5) is 0. The first-order valence-corrected chi connectivity index (χ1v) is 5.60. The van der Waals surface area contributed by atoms with Crippen molar-refractivity contribution in [2.75, 3.05) is 25.1 Å². The summed E-state index contributed by atoms with van der Waals surface area (Å²) < 4.78 is 5.37. The molecular formula is C14H18N2O. The summed E-state index contributed by atoms with van der Waals surface area (Å²) in [7, 11) is 0. The molecule has 3 nitrogen and oxygen atoms in total. The Labute approximate surface area is 103 Å². The van der Waals surface area contributed by atoms with Crippen molar-refractivity contribution in [1.29, 1.82) is 5.26 Å². The standard InChI is InChI=1S/C14H18N2O/c1-11(2)10-17-7-6-16-14-5-4-12(3)8-13(14)9-15/h4-5,8,16H,1,6-7,10H2,2-3H3. The zero-order valence-electron chi connectivity index (χ0n) is 10.4. The molecule has 0 saturated carbocycles. The fourth-order valence-electron chi connectivity index (χ4n) is 1.41. The number of benzene rings is 1. The van der Waals surface area contributed by atoms with Crippen LogP contribution in [0.2, 0.25) is 0 Å². The maximum absolute atomic E-state index is 8.99. The molecular weight excluding hydrogens is 212 g/mol. The highest BCUT2D eigenvalue weighted by molar-refractivity contribution is 5.58. The van der Waals surface area contributed by atoms with E-state index >= 15 is 0 Å². The van der Waals surface area contributed by atoms with Crippen molar-refractivity contribution >= 4 is 5.69 Å². The third kappa shape index (κ3) is 4.71. The van der Waals surface area contributed by atoms with E-state index in [9.17, 15) is 0 Å². The SMILES string of the molecule is C=C(C)COCCNc1ccc(C)cc1C#N. The molecule has 0 aliphatic rings. The van der Waals surface area contributed by atoms with E-state index in [0.29, 0.717) is 25.3 Å². The molecule has 1 aromatic rings. The number of nitrogens with zero attached hydrogens (tertiary/aromatic N) is 1. The number of ether oxygens (including phenoxy) is 1. The second-order valence-electron chi connectivity index (χ2n) is 4.10. The molecule has 17 heavy (non-hydrogen) atoms. The Morgan fingerprint density at radius 3 is 2.94 bits per heavy atom. The van der Waals surface area contributed by atoms with Crippen LogP contribution in [0.3, 0.4) is 0 Å². The number of hydrogen-bond donors (Lipinski definition) is 1. The molecule has 0 unspecified atom stereocenters. The first-order chi connectivity index (χ1) is 8.13. The fraction of sp³-hybridized carbons (Fsp3) is 0.357. The number of nitrogens with one attached hydrogen (secondary N) is 1. The predicted octanol–water partition coefficient (Wildman–Crippen LogP) is 2.87. The summed E-state index contributed by atoms with van der Waals surface area (Å²) in [5.74, 6) is 0. The lowest BCUT2D eigenvalue weighted by molar-refractivity contribution is 0.167. The highest BCUT2D eigenvalue weighted by Crippen LogP contribution is 2.15. The third-order valence-corrected chi connectivity index (χ3v) is 2.21. The summed E-state index contributed by atoms with van der Waals surface area (Å²) in [6.45, 7) is 9.54. The molecule has 0 radical (unpaired) electrons. The molecule has 0 aromatic heterocycles. The van der Waals surface area contributed by atoms with E-state index in [1.165, 1.54) is 0 Å². The Balaban J connectivity index is 2.42. The van der Waals surface area contributed by atoms with Crippen molar-refractivity contribution in [2.45, 2.75) is 13.8 Å². The van der Waals surface area contributed by atoms with Gasteiger partial charge in [-0.05, 0) is 31.5 Å². The van der Waals surface area contributed by atoms with Gasteiger partial charge in [-0.2, -0.15) is 5.26 Å². The van der Waals surface area contributed by atoms with Crippen LogP contribution in [0.15, 0.2) is 30.4 Å². The summed E-state index contributed by atoms with van der Waals surface area (Å²) in [6.07, 6.45) is 0. The van der Waals surface area contributed by atoms with Gasteiger partial charge in [-0.1, -0.05) is 18.2 Å². The van der Waals surface area contributed by atoms with Crippen LogP contribution in [-0.4, -0.2) is 19.8 Å². The van der Waals surface area contributed by atoms with E-state index in [4.69, 9.17) is 10.00 Å². The number of anilines is 1. The minimum absolute atomic E-state index is 0.584. The quantitative estimate of drug-likeness (QED) is 0.603. The number of nitriles is 1. The van der Waals surface area contributed by atoms with Gasteiger partial charge in [0.2, 0.25) is 0 Å². The lowest BCUT2D eigenvalue weighted by Gasteiger charge is -2.09. The van der Waals surface area contributed by atoms with Crippen molar-refractivity contribution < 1.29 is 4.74 Å². The maximum Gasteiger partial charge on any atom is 0.101 e. The van der Waals surface area contributed by atoms with Crippen LogP contribution < -0.4 is 5.32 Å². The molecule has 0 aliphatic carbocycles. The van der Waals surface area contributed by atoms with E-state index in [1.54, 1.807) is 0 Å². The highest BCUT2D eigenvalue weighted by Gasteiger charge is 2.00. The third-order valence-electron chi connectivity index (χ3n) is 2.21. The molecule has 0 amide bonds. The Bertz CT molecular complexity index is 432. The van der Waals surface area contributed by atoms with E-state index < -0.39 is 0 Å². The van der Waals surface area contributed by atoms with E-state index in [0.717, 1.165) is 16.8 Å². The molecule has 0 saturated heterocycles. The minimum atomic E-state index is 0.584. The van der Waals surface area contributed by atoms with Gasteiger partial charge in [0, 0.05) is 6.54 Å². The zero-order valence-corrected chi connectivity index (χ0v) is 10.4. The Morgan fingerprint density at radius 2 is 2.29 bits per heavy atom. The first kappa shape index (κ1) is 13.3. The molecule has 0 heterocycles. The van der Waals surface area contributed by atoms with Gasteiger partial charge in [0.1, 0.15) is 6.07 Å². The predicted molar refractivity (Wildman–Crippen MR) is 70.0 cm³/mol. The first-order valence-electron chi connectivity index (χ1n) is 5.60. The topological polar surface area (TPSA) is 45.0 Å². The lowest BCUT2D eigenvalue weighted by Crippen LogP contribution is -2.11. The summed E-state index contributed by atoms with van der Waals surface area (Å²) >= 11 is 0. The monoisotopic (exact) mass is 230 g/mol. The van der Waals surface area contributed by atoms with Crippen LogP contribution in [0.5, 0.6) is 0 Å². The minimum Gasteiger partial charge on any atom is -0.382 e. The summed E-state index contributed by atoms with van der Waals surface area (Å²) in [5.41, 5.74) is 3.63. The molecule has 1 rings (SSSR count). The van der Waals surface area contributed by atoms with Crippen LogP contribution in [0.25, 0.3) is 0 Å². The molecule has 0 bridgehead atoms. The average Bonchev–Trinajstić information content (AvgIpc) is 2.29. The van der Waals surface area contributed by atoms with Crippen molar-refractivity contribution in [2.24, 2.45) is 0 Å². The second kappa shape index (κ2) is 6.72. The van der Waals surface area contributed by atoms with Gasteiger partial charge in [-0.3, -0.25) is 0 Å². The normalized spacial score (nSPS) is 9.71. The average molecular weight is 230 g/mol. The molecule has 0 spiro atoms. The molecule has 90 valence electrons. The van der Waals surface area contributed by atoms with Crippen LogP contribution in [0.4, 0.5) is 5.69 Å². The van der Waals surface area contributed by atoms with Crippen molar-refractivity contribution in [3.05, 3.63) is 41.5 Å². The van der Waals surface area contributed by atoms with Crippen molar-refractivity contribution in [1.82, 2.24) is 0 Å². The number of rotatable bonds is 6. The van der Waals surface area contributed by atoms with E-state index in [2.05, 4.69) is 18.0 Å². The van der Waals surface area contributed by atoms with Crippen LogP contribution >= 0.6 is 0 Å². The van der Waals surface area contributed by atoms with Gasteiger partial charge in [-0.15, -0.1) is 0 Å². The molecule has 0 fully saturated rings. The number of aryl methyl sites for hydroxylation is 1. The van der Waals surface area contributed by atoms with Crippen LogP contribution in [0, 0.1) is 18.3 Å². The Morgan fingerprint density at radius 1 is 1.53 bits per heavy atom. The van der Waals surface area contributed by atoms with E-state index in [1.807, 2.05) is 32.0 Å². The molecule has 0 aliphatic heterocycles. The molecule has 1 N–H and O–H groups in total. The largest absolute Gasteiger partial charge is 0.382 e. The molecule has 1 aromatic carbocycles. The Hall–Kier alpha value is -1.79. The lowest BCUT2D eigenvalue weighted by atomic mass is 10.1. The van der Waals surface area contributed by atoms with Gasteiger partial charge in [0.15, 0.2) is 0 Å². The van der Waals surface area contributed by atoms with E-state index in [-0.39, 0.29) is 0 Å². The van der Waals surface area contributed by atoms with Crippen molar-refractivity contribution in [3.63, 3.8) is 0 Å². The van der Waals surface area contributed by atoms with Gasteiger partial charge in [-0.25, -0.2) is 0 Å². The zero-order chi connectivity index (χ0) is 12.7. The smallest absolute Gasteiger partial charge is 0.101 e. The summed E-state index contributed by atoms with van der Waals surface area (Å²) in [5, 5.41) is 12.2. The van der Waals surface area contributed by atoms with Crippen molar-refractivity contribution in [3.8, 4) is 6.07 Å². The van der Waals surface area contributed by atoms with Crippen LogP contribution in [-0.2, 0) is 4.74 Å². The molecule has 0 atom stereocenters. The highest BCUT2D eigenvalue weighted by atomic mass is 16.5. The maximum atomic E-state index is 8.99. The Kier molecular flexibility index (Phi) is 5.25. The van der Waals surface area contributed by atoms with Gasteiger partial charge in [0.05, 0.1) is 24.5 Å². The summed E-state index contributed by atoms with van der Waals surface area (Å²) in [6, 6.07) is 7.96. The van der Waals surface area contributed by atoms with Gasteiger partial charge in [0.25, 0.3) is 0 Å². The van der Waals surface area contributed by atoms with Gasteiger partial charge >= 0.3 is 0 Å².